The van der Waals surface area contributed by atoms with Gasteiger partial charge in [0.1, 0.15) is 5.82 Å². The first-order valence-corrected chi connectivity index (χ1v) is 6.66. The lowest BCUT2D eigenvalue weighted by Crippen LogP contribution is -2.15. The van der Waals surface area contributed by atoms with Gasteiger partial charge in [0.25, 0.3) is 0 Å². The summed E-state index contributed by atoms with van der Waals surface area (Å²) in [6, 6.07) is 15.8. The van der Waals surface area contributed by atoms with Crippen molar-refractivity contribution in [3.63, 3.8) is 0 Å². The highest BCUT2D eigenvalue weighted by atomic mass is 35.5. The number of rotatable bonds is 4. The van der Waals surface area contributed by atoms with Crippen LogP contribution >= 0.6 is 11.6 Å². The van der Waals surface area contributed by atoms with Gasteiger partial charge >= 0.3 is 0 Å². The zero-order valence-corrected chi connectivity index (χ0v) is 11.4. The highest BCUT2D eigenvalue weighted by Gasteiger charge is 2.26. The van der Waals surface area contributed by atoms with Crippen LogP contribution in [0.25, 0.3) is 0 Å². The summed E-state index contributed by atoms with van der Waals surface area (Å²) in [6.07, 6.45) is -0.927. The lowest BCUT2D eigenvalue weighted by molar-refractivity contribution is 0.111. The molecule has 0 spiro atoms. The van der Waals surface area contributed by atoms with Crippen molar-refractivity contribution >= 4 is 11.6 Å². The molecule has 100 valence electrons. The maximum absolute atomic E-state index is 13.7. The molecular formula is C16H16ClFO. The van der Waals surface area contributed by atoms with Gasteiger partial charge in [-0.05, 0) is 11.6 Å². The van der Waals surface area contributed by atoms with Crippen LogP contribution in [0.3, 0.4) is 0 Å². The van der Waals surface area contributed by atoms with Gasteiger partial charge in [-0.2, -0.15) is 0 Å². The summed E-state index contributed by atoms with van der Waals surface area (Å²) in [5, 5.41) is 9.91. The van der Waals surface area contributed by atoms with Crippen LogP contribution in [0, 0.1) is 11.7 Å². The van der Waals surface area contributed by atoms with Crippen LogP contribution in [0.4, 0.5) is 4.39 Å². The van der Waals surface area contributed by atoms with Crippen molar-refractivity contribution in [2.24, 2.45) is 5.92 Å². The standard InChI is InChI=1S/C16H16ClFO/c1-11(15(17)12-7-3-2-4-8-12)16(19)13-9-5-6-10-14(13)18/h2-11,15-16,19H,1H3/t11-,15+,16+/m0/s1. The largest absolute Gasteiger partial charge is 0.388 e. The normalized spacial score (nSPS) is 15.8. The molecule has 2 rings (SSSR count). The van der Waals surface area contributed by atoms with E-state index in [2.05, 4.69) is 0 Å². The van der Waals surface area contributed by atoms with E-state index in [4.69, 9.17) is 11.6 Å². The number of hydrogen-bond acceptors (Lipinski definition) is 1. The van der Waals surface area contributed by atoms with Gasteiger partial charge in [-0.1, -0.05) is 55.5 Å². The van der Waals surface area contributed by atoms with Gasteiger partial charge in [-0.25, -0.2) is 4.39 Å². The van der Waals surface area contributed by atoms with Gasteiger partial charge in [-0.3, -0.25) is 0 Å². The Morgan fingerprint density at radius 1 is 1.00 bits per heavy atom. The van der Waals surface area contributed by atoms with E-state index in [1.54, 1.807) is 18.2 Å². The van der Waals surface area contributed by atoms with Gasteiger partial charge < -0.3 is 5.11 Å². The quantitative estimate of drug-likeness (QED) is 0.818. The molecule has 1 N–H and O–H groups in total. The number of benzene rings is 2. The van der Waals surface area contributed by atoms with E-state index in [9.17, 15) is 9.50 Å². The summed E-state index contributed by atoms with van der Waals surface area (Å²) in [5.74, 6) is -0.695. The highest BCUT2D eigenvalue weighted by Crippen LogP contribution is 2.37. The molecular weight excluding hydrogens is 263 g/mol. The SMILES string of the molecule is C[C@H]([C@@H](O)c1ccccc1F)[C@@H](Cl)c1ccccc1. The first-order valence-electron chi connectivity index (χ1n) is 6.22. The topological polar surface area (TPSA) is 20.2 Å². The fraction of sp³-hybridized carbons (Fsp3) is 0.250. The number of aliphatic hydroxyl groups is 1. The van der Waals surface area contributed by atoms with Gasteiger partial charge in [0.15, 0.2) is 0 Å². The molecule has 1 nitrogen and oxygen atoms in total. The second-order valence-electron chi connectivity index (χ2n) is 4.64. The predicted molar refractivity (Wildman–Crippen MR) is 75.6 cm³/mol. The zero-order chi connectivity index (χ0) is 13.8. The maximum atomic E-state index is 13.7. The molecule has 0 unspecified atom stereocenters. The fourth-order valence-electron chi connectivity index (χ4n) is 2.10. The predicted octanol–water partition coefficient (Wildman–Crippen LogP) is 4.48. The third kappa shape index (κ3) is 3.14. The van der Waals surface area contributed by atoms with E-state index in [0.29, 0.717) is 0 Å². The Hall–Kier alpha value is -1.38. The van der Waals surface area contributed by atoms with Crippen molar-refractivity contribution in [2.75, 3.05) is 0 Å². The molecule has 0 heterocycles. The van der Waals surface area contributed by atoms with Crippen molar-refractivity contribution in [1.82, 2.24) is 0 Å². The van der Waals surface area contributed by atoms with Crippen molar-refractivity contribution in [3.05, 3.63) is 71.5 Å². The number of alkyl halides is 1. The number of aliphatic hydroxyl groups excluding tert-OH is 1. The molecule has 2 aromatic carbocycles. The van der Waals surface area contributed by atoms with Crippen LogP contribution in [-0.2, 0) is 0 Å². The molecule has 0 amide bonds. The van der Waals surface area contributed by atoms with E-state index >= 15 is 0 Å². The lowest BCUT2D eigenvalue weighted by atomic mass is 9.90. The molecule has 0 saturated carbocycles. The van der Waals surface area contributed by atoms with Crippen LogP contribution in [0.5, 0.6) is 0 Å². The summed E-state index contributed by atoms with van der Waals surface area (Å²) in [7, 11) is 0. The monoisotopic (exact) mass is 278 g/mol. The Balaban J connectivity index is 2.20. The average Bonchev–Trinajstić information content (AvgIpc) is 2.46. The van der Waals surface area contributed by atoms with Crippen LogP contribution in [0.15, 0.2) is 54.6 Å². The molecule has 3 heteroatoms. The molecule has 0 bridgehead atoms. The minimum atomic E-state index is -0.927. The van der Waals surface area contributed by atoms with E-state index < -0.39 is 11.9 Å². The molecule has 3 atom stereocenters. The first-order chi connectivity index (χ1) is 9.11. The maximum Gasteiger partial charge on any atom is 0.129 e. The van der Waals surface area contributed by atoms with Crippen LogP contribution in [-0.4, -0.2) is 5.11 Å². The Kier molecular flexibility index (Phi) is 4.56. The first kappa shape index (κ1) is 14.0. The molecule has 0 saturated heterocycles. The summed E-state index contributed by atoms with van der Waals surface area (Å²) < 4.78 is 13.7. The van der Waals surface area contributed by atoms with Crippen molar-refractivity contribution in [2.45, 2.75) is 18.4 Å². The second-order valence-corrected chi connectivity index (χ2v) is 5.11. The molecule has 19 heavy (non-hydrogen) atoms. The molecule has 0 aromatic heterocycles. The summed E-state index contributed by atoms with van der Waals surface area (Å²) in [5.41, 5.74) is 1.21. The molecule has 0 aliphatic rings. The number of hydrogen-bond donors (Lipinski definition) is 1. The minimum absolute atomic E-state index is 0.289. The smallest absolute Gasteiger partial charge is 0.129 e. The van der Waals surface area contributed by atoms with E-state index in [0.717, 1.165) is 5.56 Å². The molecule has 0 aliphatic heterocycles. The van der Waals surface area contributed by atoms with Crippen LogP contribution < -0.4 is 0 Å². The van der Waals surface area contributed by atoms with Gasteiger partial charge in [0.05, 0.1) is 11.5 Å². The highest BCUT2D eigenvalue weighted by molar-refractivity contribution is 6.21. The summed E-state index contributed by atoms with van der Waals surface area (Å²) in [6.45, 7) is 1.82. The molecule has 0 radical (unpaired) electrons. The third-order valence-electron chi connectivity index (χ3n) is 3.30. The summed E-state index contributed by atoms with van der Waals surface area (Å²) >= 11 is 6.37. The van der Waals surface area contributed by atoms with Crippen molar-refractivity contribution in [1.29, 1.82) is 0 Å². The Bertz CT molecular complexity index is 529. The van der Waals surface area contributed by atoms with Crippen LogP contribution in [0.2, 0.25) is 0 Å². The van der Waals surface area contributed by atoms with Crippen molar-refractivity contribution in [3.8, 4) is 0 Å². The third-order valence-corrected chi connectivity index (χ3v) is 3.95. The van der Waals surface area contributed by atoms with Gasteiger partial charge in [0.2, 0.25) is 0 Å². The minimum Gasteiger partial charge on any atom is -0.388 e. The summed E-state index contributed by atoms with van der Waals surface area (Å²) in [4.78, 5) is 0. The Labute approximate surface area is 117 Å². The van der Waals surface area contributed by atoms with E-state index in [1.807, 2.05) is 37.3 Å². The lowest BCUT2D eigenvalue weighted by Gasteiger charge is -2.24. The number of halogens is 2. The average molecular weight is 279 g/mol. The molecule has 0 aliphatic carbocycles. The Morgan fingerprint density at radius 2 is 1.58 bits per heavy atom. The van der Waals surface area contributed by atoms with E-state index in [-0.39, 0.29) is 16.9 Å². The van der Waals surface area contributed by atoms with Crippen LogP contribution in [0.1, 0.15) is 29.5 Å². The fourth-order valence-corrected chi connectivity index (χ4v) is 2.38. The Morgan fingerprint density at radius 3 is 2.21 bits per heavy atom. The second kappa shape index (κ2) is 6.18. The molecule has 0 fully saturated rings. The van der Waals surface area contributed by atoms with Gasteiger partial charge in [-0.15, -0.1) is 11.6 Å². The van der Waals surface area contributed by atoms with Gasteiger partial charge in [0, 0.05) is 11.5 Å². The van der Waals surface area contributed by atoms with E-state index in [1.165, 1.54) is 6.07 Å². The zero-order valence-electron chi connectivity index (χ0n) is 10.6. The van der Waals surface area contributed by atoms with Crippen molar-refractivity contribution < 1.29 is 9.50 Å². The molecule has 2 aromatic rings.